The molecule has 0 saturated carbocycles. The molecular weight excluding hydrogens is 362 g/mol. The third kappa shape index (κ3) is 4.67. The fourth-order valence-corrected chi connectivity index (χ4v) is 3.86. The van der Waals surface area contributed by atoms with Crippen LogP contribution >= 0.6 is 0 Å². The Hall–Kier alpha value is -3.08. The molecule has 1 unspecified atom stereocenters. The van der Waals surface area contributed by atoms with Crippen LogP contribution in [0.3, 0.4) is 0 Å². The highest BCUT2D eigenvalue weighted by atomic mass is 16.5. The van der Waals surface area contributed by atoms with E-state index in [2.05, 4.69) is 29.3 Å². The lowest BCUT2D eigenvalue weighted by molar-refractivity contribution is -0.118. The van der Waals surface area contributed by atoms with Gasteiger partial charge in [0.05, 0.1) is 0 Å². The smallest absolute Gasteiger partial charge is 0.262 e. The van der Waals surface area contributed by atoms with E-state index in [1.807, 2.05) is 49.4 Å². The number of carbonyl (C=O) groups excluding carboxylic acids is 1. The second kappa shape index (κ2) is 8.52. The van der Waals surface area contributed by atoms with Crippen molar-refractivity contribution in [2.75, 3.05) is 29.9 Å². The maximum atomic E-state index is 12.3. The maximum absolute atomic E-state index is 12.3. The van der Waals surface area contributed by atoms with Crippen molar-refractivity contribution in [1.29, 1.82) is 0 Å². The molecule has 29 heavy (non-hydrogen) atoms. The molecule has 1 saturated heterocycles. The number of amides is 1. The standard InChI is InChI=1S/C24H27N3O2/c1-17-6-3-9-20(14-17)25-23(28)16-29-21-10-4-8-19-11-12-22(26-24(19)21)27-13-5-7-18(2)15-27/h3-4,6,8-12,14,18H,5,7,13,15-16H2,1-2H3,(H,25,28). The minimum Gasteiger partial charge on any atom is -0.481 e. The van der Waals surface area contributed by atoms with E-state index < -0.39 is 0 Å². The van der Waals surface area contributed by atoms with E-state index in [9.17, 15) is 4.79 Å². The summed E-state index contributed by atoms with van der Waals surface area (Å²) in [7, 11) is 0. The summed E-state index contributed by atoms with van der Waals surface area (Å²) in [6.07, 6.45) is 2.46. The lowest BCUT2D eigenvalue weighted by Gasteiger charge is -2.32. The first-order valence-electron chi connectivity index (χ1n) is 10.2. The van der Waals surface area contributed by atoms with E-state index in [0.717, 1.165) is 41.1 Å². The zero-order valence-electron chi connectivity index (χ0n) is 17.0. The van der Waals surface area contributed by atoms with E-state index in [1.54, 1.807) is 0 Å². The Morgan fingerprint density at radius 2 is 2.07 bits per heavy atom. The van der Waals surface area contributed by atoms with Crippen molar-refractivity contribution in [1.82, 2.24) is 4.98 Å². The van der Waals surface area contributed by atoms with Gasteiger partial charge in [0.25, 0.3) is 5.91 Å². The number of anilines is 2. The number of fused-ring (bicyclic) bond motifs is 1. The van der Waals surface area contributed by atoms with Gasteiger partial charge in [0.15, 0.2) is 6.61 Å². The summed E-state index contributed by atoms with van der Waals surface area (Å²) in [5.41, 5.74) is 2.67. The molecule has 3 aromatic rings. The quantitative estimate of drug-likeness (QED) is 0.681. The van der Waals surface area contributed by atoms with Crippen molar-refractivity contribution in [2.45, 2.75) is 26.7 Å². The van der Waals surface area contributed by atoms with Gasteiger partial charge in [0, 0.05) is 24.2 Å². The second-order valence-electron chi connectivity index (χ2n) is 7.90. The van der Waals surface area contributed by atoms with E-state index in [1.165, 1.54) is 12.8 Å². The van der Waals surface area contributed by atoms with Crippen LogP contribution in [-0.2, 0) is 4.79 Å². The van der Waals surface area contributed by atoms with Crippen LogP contribution in [0.4, 0.5) is 11.5 Å². The minimum absolute atomic E-state index is 0.0558. The number of carbonyl (C=O) groups is 1. The Kier molecular flexibility index (Phi) is 5.65. The number of aromatic nitrogens is 1. The van der Waals surface area contributed by atoms with Crippen molar-refractivity contribution in [3.8, 4) is 5.75 Å². The Morgan fingerprint density at radius 1 is 1.21 bits per heavy atom. The maximum Gasteiger partial charge on any atom is 0.262 e. The molecule has 150 valence electrons. The lowest BCUT2D eigenvalue weighted by atomic mass is 10.0. The highest BCUT2D eigenvalue weighted by molar-refractivity contribution is 5.92. The first-order chi connectivity index (χ1) is 14.1. The Morgan fingerprint density at radius 3 is 2.90 bits per heavy atom. The van der Waals surface area contributed by atoms with Gasteiger partial charge in [-0.05, 0) is 61.6 Å². The van der Waals surface area contributed by atoms with E-state index >= 15 is 0 Å². The van der Waals surface area contributed by atoms with Crippen LogP contribution in [0.2, 0.25) is 0 Å². The summed E-state index contributed by atoms with van der Waals surface area (Å²) in [5, 5.41) is 3.89. The number of nitrogens with one attached hydrogen (secondary N) is 1. The van der Waals surface area contributed by atoms with E-state index in [4.69, 9.17) is 9.72 Å². The lowest BCUT2D eigenvalue weighted by Crippen LogP contribution is -2.34. The number of hydrogen-bond acceptors (Lipinski definition) is 4. The number of aryl methyl sites for hydroxylation is 1. The predicted molar refractivity (Wildman–Crippen MR) is 118 cm³/mol. The molecule has 1 aliphatic heterocycles. The summed E-state index contributed by atoms with van der Waals surface area (Å²) in [4.78, 5) is 19.5. The normalized spacial score (nSPS) is 16.6. The highest BCUT2D eigenvalue weighted by Gasteiger charge is 2.18. The summed E-state index contributed by atoms with van der Waals surface area (Å²) in [5.74, 6) is 2.10. The Labute approximate surface area is 171 Å². The number of para-hydroxylation sites is 1. The number of piperidine rings is 1. The van der Waals surface area contributed by atoms with Gasteiger partial charge in [0.1, 0.15) is 17.1 Å². The van der Waals surface area contributed by atoms with Gasteiger partial charge in [-0.2, -0.15) is 0 Å². The number of ether oxygens (including phenoxy) is 1. The average molecular weight is 389 g/mol. The molecule has 1 N–H and O–H groups in total. The van der Waals surface area contributed by atoms with Crippen LogP contribution in [0.1, 0.15) is 25.3 Å². The van der Waals surface area contributed by atoms with E-state index in [-0.39, 0.29) is 12.5 Å². The Bertz CT molecular complexity index is 1020. The fourth-order valence-electron chi connectivity index (χ4n) is 3.86. The van der Waals surface area contributed by atoms with Crippen LogP contribution in [0.5, 0.6) is 5.75 Å². The van der Waals surface area contributed by atoms with Crippen molar-refractivity contribution < 1.29 is 9.53 Å². The van der Waals surface area contributed by atoms with Crippen molar-refractivity contribution in [2.24, 2.45) is 5.92 Å². The topological polar surface area (TPSA) is 54.5 Å². The first kappa shape index (κ1) is 19.2. The minimum atomic E-state index is -0.186. The molecule has 1 amide bonds. The van der Waals surface area contributed by atoms with Crippen molar-refractivity contribution in [3.05, 3.63) is 60.2 Å². The zero-order valence-corrected chi connectivity index (χ0v) is 17.0. The number of benzene rings is 2. The van der Waals surface area contributed by atoms with Crippen LogP contribution in [0.25, 0.3) is 10.9 Å². The van der Waals surface area contributed by atoms with Gasteiger partial charge in [0.2, 0.25) is 0 Å². The summed E-state index contributed by atoms with van der Waals surface area (Å²) in [6, 6.07) is 17.7. The summed E-state index contributed by atoms with van der Waals surface area (Å²) >= 11 is 0. The van der Waals surface area contributed by atoms with Gasteiger partial charge < -0.3 is 15.0 Å². The van der Waals surface area contributed by atoms with Crippen molar-refractivity contribution >= 4 is 28.3 Å². The third-order valence-electron chi connectivity index (χ3n) is 5.31. The molecule has 5 heteroatoms. The van der Waals surface area contributed by atoms with Crippen LogP contribution in [0.15, 0.2) is 54.6 Å². The molecule has 2 aromatic carbocycles. The third-order valence-corrected chi connectivity index (χ3v) is 5.31. The number of hydrogen-bond donors (Lipinski definition) is 1. The van der Waals surface area contributed by atoms with Crippen LogP contribution in [0, 0.1) is 12.8 Å². The molecule has 1 fully saturated rings. The molecule has 4 rings (SSSR count). The van der Waals surface area contributed by atoms with Gasteiger partial charge in [-0.3, -0.25) is 4.79 Å². The molecule has 0 aliphatic carbocycles. The molecule has 0 spiro atoms. The van der Waals surface area contributed by atoms with Gasteiger partial charge >= 0.3 is 0 Å². The average Bonchev–Trinajstić information content (AvgIpc) is 2.72. The van der Waals surface area contributed by atoms with Crippen LogP contribution in [-0.4, -0.2) is 30.6 Å². The molecule has 1 aromatic heterocycles. The molecule has 5 nitrogen and oxygen atoms in total. The summed E-state index contributed by atoms with van der Waals surface area (Å²) < 4.78 is 5.85. The molecule has 1 atom stereocenters. The van der Waals surface area contributed by atoms with Gasteiger partial charge in [-0.25, -0.2) is 4.98 Å². The Balaban J connectivity index is 1.49. The van der Waals surface area contributed by atoms with Gasteiger partial charge in [-0.15, -0.1) is 0 Å². The number of rotatable bonds is 5. The highest BCUT2D eigenvalue weighted by Crippen LogP contribution is 2.28. The largest absolute Gasteiger partial charge is 0.481 e. The van der Waals surface area contributed by atoms with Crippen LogP contribution < -0.4 is 15.0 Å². The molecule has 1 aliphatic rings. The molecule has 2 heterocycles. The first-order valence-corrected chi connectivity index (χ1v) is 10.2. The fraction of sp³-hybridized carbons (Fsp3) is 0.333. The molecule has 0 radical (unpaired) electrons. The zero-order chi connectivity index (χ0) is 20.2. The van der Waals surface area contributed by atoms with Gasteiger partial charge in [-0.1, -0.05) is 31.2 Å². The number of pyridine rings is 1. The monoisotopic (exact) mass is 389 g/mol. The SMILES string of the molecule is Cc1cccc(NC(=O)COc2cccc3ccc(N4CCCC(C)C4)nc23)c1. The van der Waals surface area contributed by atoms with Crippen molar-refractivity contribution in [3.63, 3.8) is 0 Å². The molecular formula is C24H27N3O2. The predicted octanol–water partition coefficient (Wildman–Crippen LogP) is 4.80. The van der Waals surface area contributed by atoms with E-state index in [0.29, 0.717) is 11.7 Å². The second-order valence-corrected chi connectivity index (χ2v) is 7.90. The number of nitrogens with zero attached hydrogens (tertiary/aromatic N) is 2. The summed E-state index contributed by atoms with van der Waals surface area (Å²) in [6.45, 7) is 6.29. The molecule has 0 bridgehead atoms.